The number of halogens is 1. The summed E-state index contributed by atoms with van der Waals surface area (Å²) in [6, 6.07) is 9.03. The van der Waals surface area contributed by atoms with Crippen molar-refractivity contribution in [3.63, 3.8) is 0 Å². The number of hydrogen-bond acceptors (Lipinski definition) is 3. The molecule has 0 amide bonds. The first-order chi connectivity index (χ1) is 8.08. The second kappa shape index (κ2) is 4.87. The number of ether oxygens (including phenoxy) is 1. The van der Waals surface area contributed by atoms with Gasteiger partial charge in [0, 0.05) is 16.7 Å². The number of esters is 1. The minimum Gasteiger partial charge on any atom is -0.404 e. The fraction of sp³-hybridized carbons (Fsp3) is 0.167. The van der Waals surface area contributed by atoms with Crippen molar-refractivity contribution < 1.29 is 9.53 Å². The second-order valence-electron chi connectivity index (χ2n) is 3.62. The largest absolute Gasteiger partial charge is 0.404 e. The molecule has 0 unspecified atom stereocenters. The van der Waals surface area contributed by atoms with Crippen LogP contribution in [0, 0.1) is 10.5 Å². The van der Waals surface area contributed by atoms with Crippen molar-refractivity contribution in [2.75, 3.05) is 0 Å². The third-order valence-corrected chi connectivity index (χ3v) is 3.19. The lowest BCUT2D eigenvalue weighted by atomic mass is 10.2. The van der Waals surface area contributed by atoms with Gasteiger partial charge in [-0.3, -0.25) is 0 Å². The van der Waals surface area contributed by atoms with Gasteiger partial charge in [0.2, 0.25) is 5.88 Å². The second-order valence-corrected chi connectivity index (χ2v) is 4.78. The number of nitrogens with zero attached hydrogens (tertiary/aromatic N) is 2. The molecule has 0 aliphatic carbocycles. The monoisotopic (exact) mass is 342 g/mol. The topological polar surface area (TPSA) is 44.1 Å². The predicted molar refractivity (Wildman–Crippen MR) is 72.1 cm³/mol. The average Bonchev–Trinajstić information content (AvgIpc) is 2.58. The molecule has 0 fully saturated rings. The first kappa shape index (κ1) is 12.1. The van der Waals surface area contributed by atoms with Crippen LogP contribution in [0.1, 0.15) is 16.1 Å². The van der Waals surface area contributed by atoms with Crippen LogP contribution in [0.3, 0.4) is 0 Å². The zero-order valence-corrected chi connectivity index (χ0v) is 11.6. The summed E-state index contributed by atoms with van der Waals surface area (Å²) in [5, 5.41) is 4.12. The molecule has 1 aromatic carbocycles. The number of carbonyl (C=O) groups excluding carboxylic acids is 1. The Bertz CT molecular complexity index is 563. The smallest absolute Gasteiger partial charge is 0.345 e. The lowest BCUT2D eigenvalue weighted by molar-refractivity contribution is 0.0719. The molecule has 1 heterocycles. The zero-order valence-electron chi connectivity index (χ0n) is 9.48. The van der Waals surface area contributed by atoms with Crippen molar-refractivity contribution in [1.82, 2.24) is 9.78 Å². The van der Waals surface area contributed by atoms with Crippen LogP contribution >= 0.6 is 22.6 Å². The predicted octanol–water partition coefficient (Wildman–Crippen LogP) is 2.55. The fourth-order valence-corrected chi connectivity index (χ4v) is 2.07. The van der Waals surface area contributed by atoms with Crippen LogP contribution in [0.15, 0.2) is 30.3 Å². The molecule has 5 heteroatoms. The molecule has 0 spiro atoms. The molecule has 0 bridgehead atoms. The number of rotatable bonds is 2. The maximum atomic E-state index is 11.9. The van der Waals surface area contributed by atoms with Gasteiger partial charge in [0.25, 0.3) is 0 Å². The highest BCUT2D eigenvalue weighted by atomic mass is 127. The van der Waals surface area contributed by atoms with E-state index >= 15 is 0 Å². The summed E-state index contributed by atoms with van der Waals surface area (Å²) < 4.78 is 7.70. The highest BCUT2D eigenvalue weighted by Crippen LogP contribution is 2.16. The van der Waals surface area contributed by atoms with Crippen LogP contribution in [0.4, 0.5) is 0 Å². The molecule has 2 rings (SSSR count). The minimum absolute atomic E-state index is 0.363. The third kappa shape index (κ3) is 2.66. The Balaban J connectivity index is 2.23. The fourth-order valence-electron chi connectivity index (χ4n) is 1.46. The Kier molecular flexibility index (Phi) is 3.46. The number of aryl methyl sites for hydroxylation is 2. The first-order valence-electron chi connectivity index (χ1n) is 5.05. The summed E-state index contributed by atoms with van der Waals surface area (Å²) in [4.78, 5) is 11.9. The van der Waals surface area contributed by atoms with Crippen LogP contribution in [0.5, 0.6) is 5.88 Å². The highest BCUT2D eigenvalue weighted by molar-refractivity contribution is 14.1. The van der Waals surface area contributed by atoms with Gasteiger partial charge in [-0.25, -0.2) is 9.48 Å². The maximum Gasteiger partial charge on any atom is 0.345 e. The summed E-state index contributed by atoms with van der Waals surface area (Å²) in [5.41, 5.74) is 1.38. The molecule has 0 radical (unpaired) electrons. The van der Waals surface area contributed by atoms with Gasteiger partial charge in [0.1, 0.15) is 0 Å². The van der Waals surface area contributed by atoms with E-state index < -0.39 is 0 Å². The molecule has 0 aliphatic heterocycles. The number of carbonyl (C=O) groups is 1. The van der Waals surface area contributed by atoms with Gasteiger partial charge in [0.15, 0.2) is 0 Å². The van der Waals surface area contributed by atoms with Gasteiger partial charge < -0.3 is 4.74 Å². The summed E-state index contributed by atoms with van der Waals surface area (Å²) in [5.74, 6) is 0.0881. The quantitative estimate of drug-likeness (QED) is 0.622. The minimum atomic E-state index is -0.363. The summed E-state index contributed by atoms with van der Waals surface area (Å²) in [7, 11) is 1.74. The Morgan fingerprint density at radius 3 is 2.71 bits per heavy atom. The molecule has 4 nitrogen and oxygen atoms in total. The van der Waals surface area contributed by atoms with Crippen molar-refractivity contribution in [3.05, 3.63) is 45.2 Å². The Labute approximate surface area is 113 Å². The van der Waals surface area contributed by atoms with Crippen LogP contribution in [-0.4, -0.2) is 15.7 Å². The number of aromatic nitrogens is 2. The summed E-state index contributed by atoms with van der Waals surface area (Å²) in [6.07, 6.45) is 0. The third-order valence-electron chi connectivity index (χ3n) is 2.25. The van der Waals surface area contributed by atoms with Crippen molar-refractivity contribution in [2.24, 2.45) is 7.05 Å². The van der Waals surface area contributed by atoms with E-state index in [0.717, 1.165) is 9.26 Å². The van der Waals surface area contributed by atoms with Gasteiger partial charge in [0.05, 0.1) is 11.3 Å². The molecule has 0 aliphatic rings. The van der Waals surface area contributed by atoms with Crippen molar-refractivity contribution in [3.8, 4) is 5.88 Å². The van der Waals surface area contributed by atoms with E-state index in [0.29, 0.717) is 11.4 Å². The molecule has 0 saturated heterocycles. The van der Waals surface area contributed by atoms with Crippen molar-refractivity contribution in [1.29, 1.82) is 0 Å². The van der Waals surface area contributed by atoms with Crippen molar-refractivity contribution >= 4 is 28.6 Å². The molecule has 1 aromatic heterocycles. The van der Waals surface area contributed by atoms with Gasteiger partial charge in [-0.15, -0.1) is 0 Å². The van der Waals surface area contributed by atoms with Gasteiger partial charge in [-0.1, -0.05) is 12.1 Å². The molecule has 88 valence electrons. The summed E-state index contributed by atoms with van der Waals surface area (Å²) in [6.45, 7) is 1.85. The summed E-state index contributed by atoms with van der Waals surface area (Å²) >= 11 is 2.11. The van der Waals surface area contributed by atoms with E-state index in [-0.39, 0.29) is 5.97 Å². The van der Waals surface area contributed by atoms with Gasteiger partial charge in [-0.2, -0.15) is 5.10 Å². The van der Waals surface area contributed by atoms with Gasteiger partial charge >= 0.3 is 5.97 Å². The Hall–Kier alpha value is -1.37. The first-order valence-corrected chi connectivity index (χ1v) is 6.13. The Morgan fingerprint density at radius 1 is 1.41 bits per heavy atom. The molecule has 0 N–H and O–H groups in total. The average molecular weight is 342 g/mol. The lowest BCUT2D eigenvalue weighted by Crippen LogP contribution is -2.12. The normalized spacial score (nSPS) is 10.3. The zero-order chi connectivity index (χ0) is 12.4. The van der Waals surface area contributed by atoms with Crippen LogP contribution in [-0.2, 0) is 7.05 Å². The van der Waals surface area contributed by atoms with E-state index in [9.17, 15) is 4.79 Å². The number of hydrogen-bond donors (Lipinski definition) is 0. The van der Waals surface area contributed by atoms with E-state index in [2.05, 4.69) is 27.7 Å². The van der Waals surface area contributed by atoms with E-state index in [1.54, 1.807) is 23.9 Å². The molecular weight excluding hydrogens is 331 g/mol. The van der Waals surface area contributed by atoms with Crippen LogP contribution in [0.25, 0.3) is 0 Å². The van der Waals surface area contributed by atoms with E-state index in [1.807, 2.05) is 25.1 Å². The standard InChI is InChI=1S/C12H11IN2O2/c1-8-7-11(15(2)14-8)17-12(16)9-5-3-4-6-10(9)13/h3-7H,1-2H3. The van der Waals surface area contributed by atoms with Gasteiger partial charge in [-0.05, 0) is 41.6 Å². The van der Waals surface area contributed by atoms with E-state index in [1.165, 1.54) is 0 Å². The van der Waals surface area contributed by atoms with Crippen LogP contribution in [0.2, 0.25) is 0 Å². The molecule has 2 aromatic rings. The van der Waals surface area contributed by atoms with E-state index in [4.69, 9.17) is 4.74 Å². The highest BCUT2D eigenvalue weighted by Gasteiger charge is 2.14. The maximum absolute atomic E-state index is 11.9. The Morgan fingerprint density at radius 2 is 2.12 bits per heavy atom. The lowest BCUT2D eigenvalue weighted by Gasteiger charge is -2.05. The van der Waals surface area contributed by atoms with Crippen molar-refractivity contribution in [2.45, 2.75) is 6.92 Å². The number of benzene rings is 1. The molecule has 0 saturated carbocycles. The molecule has 0 atom stereocenters. The van der Waals surface area contributed by atoms with Crippen LogP contribution < -0.4 is 4.74 Å². The SMILES string of the molecule is Cc1cc(OC(=O)c2ccccc2I)n(C)n1. The molecule has 17 heavy (non-hydrogen) atoms. The molecular formula is C12H11IN2O2.